The largest absolute Gasteiger partial charge is 0.465 e. The first-order chi connectivity index (χ1) is 14.3. The highest BCUT2D eigenvalue weighted by Gasteiger charge is 2.52. The zero-order chi connectivity index (χ0) is 21.9. The fourth-order valence-corrected chi connectivity index (χ4v) is 3.65. The molecule has 2 aliphatic rings. The molecule has 1 saturated carbocycles. The average Bonchev–Trinajstić information content (AvgIpc) is 3.28. The van der Waals surface area contributed by atoms with Gasteiger partial charge in [0, 0.05) is 5.69 Å². The lowest BCUT2D eigenvalue weighted by atomic mass is 9.98. The number of benzene rings is 1. The van der Waals surface area contributed by atoms with Gasteiger partial charge in [-0.05, 0) is 37.5 Å². The molecule has 1 aromatic rings. The average molecular weight is 417 g/mol. The highest BCUT2D eigenvalue weighted by atomic mass is 16.5. The Hall–Kier alpha value is -3.43. The highest BCUT2D eigenvalue weighted by Crippen LogP contribution is 2.34. The zero-order valence-electron chi connectivity index (χ0n) is 16.8. The maximum Gasteiger partial charge on any atom is 0.337 e. The van der Waals surface area contributed by atoms with Gasteiger partial charge in [-0.3, -0.25) is 19.3 Å². The Bertz CT molecular complexity index is 906. The van der Waals surface area contributed by atoms with Gasteiger partial charge in [0.15, 0.2) is 6.61 Å². The molecule has 0 radical (unpaired) electrons. The van der Waals surface area contributed by atoms with E-state index in [0.29, 0.717) is 24.1 Å². The number of aryl methyl sites for hydroxylation is 1. The molecule has 3 rings (SSSR count). The summed E-state index contributed by atoms with van der Waals surface area (Å²) in [6, 6.07) is 4.03. The molecule has 1 aliphatic carbocycles. The quantitative estimate of drug-likeness (QED) is 0.524. The standard InChI is InChI=1S/C20H23N3O7/c1-12-5-6-13(17(26)29-2)9-14(12)21-15(24)11-30-16(25)10-23-18(27)20(22-19(23)28)7-3-4-8-20/h5-6,9H,3-4,7-8,10-11H2,1-2H3,(H,21,24)(H,22,28). The lowest BCUT2D eigenvalue weighted by molar-refractivity contribution is -0.150. The molecule has 160 valence electrons. The SMILES string of the molecule is COC(=O)c1ccc(C)c(NC(=O)COC(=O)CN2C(=O)NC3(CCCC3)C2=O)c1. The smallest absolute Gasteiger partial charge is 0.337 e. The number of carbonyl (C=O) groups is 5. The van der Waals surface area contributed by atoms with E-state index in [1.165, 1.54) is 13.2 Å². The van der Waals surface area contributed by atoms with Crippen molar-refractivity contribution in [2.24, 2.45) is 0 Å². The van der Waals surface area contributed by atoms with Crippen LogP contribution in [0.3, 0.4) is 0 Å². The fourth-order valence-electron chi connectivity index (χ4n) is 3.65. The van der Waals surface area contributed by atoms with Gasteiger partial charge in [0.1, 0.15) is 12.1 Å². The van der Waals surface area contributed by atoms with Crippen molar-refractivity contribution >= 4 is 35.5 Å². The number of rotatable bonds is 6. The summed E-state index contributed by atoms with van der Waals surface area (Å²) in [7, 11) is 1.25. The third-order valence-electron chi connectivity index (χ3n) is 5.29. The number of amides is 4. The molecule has 4 amide bonds. The molecule has 0 bridgehead atoms. The Labute approximate surface area is 172 Å². The first-order valence-corrected chi connectivity index (χ1v) is 9.54. The van der Waals surface area contributed by atoms with Crippen LogP contribution in [-0.2, 0) is 23.9 Å². The van der Waals surface area contributed by atoms with Gasteiger partial charge in [0.2, 0.25) is 0 Å². The second-order valence-corrected chi connectivity index (χ2v) is 7.34. The maximum absolute atomic E-state index is 12.5. The number of urea groups is 1. The summed E-state index contributed by atoms with van der Waals surface area (Å²) in [6.45, 7) is 0.575. The van der Waals surface area contributed by atoms with Crippen LogP contribution in [0.4, 0.5) is 10.5 Å². The molecular formula is C20H23N3O7. The molecule has 2 N–H and O–H groups in total. The van der Waals surface area contributed by atoms with Crippen LogP contribution >= 0.6 is 0 Å². The van der Waals surface area contributed by atoms with Gasteiger partial charge in [-0.25, -0.2) is 9.59 Å². The summed E-state index contributed by atoms with van der Waals surface area (Å²) in [5.41, 5.74) is 0.422. The summed E-state index contributed by atoms with van der Waals surface area (Å²) in [5.74, 6) is -2.48. The van der Waals surface area contributed by atoms with Gasteiger partial charge in [0.05, 0.1) is 12.7 Å². The predicted molar refractivity (Wildman–Crippen MR) is 104 cm³/mol. The number of esters is 2. The second-order valence-electron chi connectivity index (χ2n) is 7.34. The van der Waals surface area contributed by atoms with Gasteiger partial charge >= 0.3 is 18.0 Å². The molecule has 10 nitrogen and oxygen atoms in total. The van der Waals surface area contributed by atoms with E-state index in [0.717, 1.165) is 17.7 Å². The van der Waals surface area contributed by atoms with E-state index in [2.05, 4.69) is 15.4 Å². The zero-order valence-corrected chi connectivity index (χ0v) is 16.8. The number of imide groups is 1. The van der Waals surface area contributed by atoms with Crippen molar-refractivity contribution in [3.05, 3.63) is 29.3 Å². The summed E-state index contributed by atoms with van der Waals surface area (Å²) < 4.78 is 9.55. The van der Waals surface area contributed by atoms with Crippen LogP contribution in [0.5, 0.6) is 0 Å². The Morgan fingerprint density at radius 3 is 2.57 bits per heavy atom. The Balaban J connectivity index is 1.53. The van der Waals surface area contributed by atoms with Crippen molar-refractivity contribution in [1.29, 1.82) is 0 Å². The van der Waals surface area contributed by atoms with Gasteiger partial charge in [-0.15, -0.1) is 0 Å². The number of methoxy groups -OCH3 is 1. The van der Waals surface area contributed by atoms with E-state index in [-0.39, 0.29) is 5.56 Å². The molecule has 10 heteroatoms. The van der Waals surface area contributed by atoms with Gasteiger partial charge in [-0.1, -0.05) is 18.9 Å². The van der Waals surface area contributed by atoms with Crippen LogP contribution in [0, 0.1) is 6.92 Å². The molecule has 30 heavy (non-hydrogen) atoms. The Kier molecular flexibility index (Phi) is 6.04. The number of carbonyl (C=O) groups excluding carboxylic acids is 5. The highest BCUT2D eigenvalue weighted by molar-refractivity contribution is 6.09. The summed E-state index contributed by atoms with van der Waals surface area (Å²) >= 11 is 0. The van der Waals surface area contributed by atoms with Crippen LogP contribution < -0.4 is 10.6 Å². The van der Waals surface area contributed by atoms with E-state index in [1.807, 2.05) is 0 Å². The van der Waals surface area contributed by atoms with Crippen molar-refractivity contribution in [3.8, 4) is 0 Å². The lowest BCUT2D eigenvalue weighted by Crippen LogP contribution is -2.44. The monoisotopic (exact) mass is 417 g/mol. The first-order valence-electron chi connectivity index (χ1n) is 9.54. The number of ether oxygens (including phenoxy) is 2. The number of hydrogen-bond acceptors (Lipinski definition) is 7. The topological polar surface area (TPSA) is 131 Å². The van der Waals surface area contributed by atoms with Crippen molar-refractivity contribution in [2.45, 2.75) is 38.1 Å². The van der Waals surface area contributed by atoms with E-state index in [4.69, 9.17) is 4.74 Å². The summed E-state index contributed by atoms with van der Waals surface area (Å²) in [5, 5.41) is 5.22. The number of hydrogen-bond donors (Lipinski definition) is 2. The molecule has 2 fully saturated rings. The van der Waals surface area contributed by atoms with E-state index < -0.39 is 48.5 Å². The minimum absolute atomic E-state index is 0.259. The summed E-state index contributed by atoms with van der Waals surface area (Å²) in [6.07, 6.45) is 2.77. The van der Waals surface area contributed by atoms with Crippen molar-refractivity contribution in [3.63, 3.8) is 0 Å². The fraction of sp³-hybridized carbons (Fsp3) is 0.450. The minimum Gasteiger partial charge on any atom is -0.465 e. The van der Waals surface area contributed by atoms with E-state index in [1.54, 1.807) is 19.1 Å². The van der Waals surface area contributed by atoms with Gasteiger partial charge in [-0.2, -0.15) is 0 Å². The molecule has 1 heterocycles. The second kappa shape index (κ2) is 8.52. The van der Waals surface area contributed by atoms with Gasteiger partial charge < -0.3 is 20.1 Å². The van der Waals surface area contributed by atoms with Crippen LogP contribution in [-0.4, -0.2) is 60.5 Å². The van der Waals surface area contributed by atoms with Crippen LogP contribution in [0.1, 0.15) is 41.6 Å². The van der Waals surface area contributed by atoms with E-state index >= 15 is 0 Å². The predicted octanol–water partition coefficient (Wildman–Crippen LogP) is 1.13. The molecule has 1 spiro atoms. The molecule has 1 aliphatic heterocycles. The number of nitrogens with one attached hydrogen (secondary N) is 2. The molecule has 1 aromatic carbocycles. The van der Waals surface area contributed by atoms with Crippen molar-refractivity contribution in [1.82, 2.24) is 10.2 Å². The van der Waals surface area contributed by atoms with Crippen LogP contribution in [0.25, 0.3) is 0 Å². The maximum atomic E-state index is 12.5. The molecular weight excluding hydrogens is 394 g/mol. The molecule has 1 saturated heterocycles. The van der Waals surface area contributed by atoms with E-state index in [9.17, 15) is 24.0 Å². The normalized spacial score (nSPS) is 17.1. The van der Waals surface area contributed by atoms with Crippen LogP contribution in [0.2, 0.25) is 0 Å². The third-order valence-corrected chi connectivity index (χ3v) is 5.29. The number of nitrogens with zero attached hydrogens (tertiary/aromatic N) is 1. The van der Waals surface area contributed by atoms with Gasteiger partial charge in [0.25, 0.3) is 11.8 Å². The van der Waals surface area contributed by atoms with Crippen LogP contribution in [0.15, 0.2) is 18.2 Å². The molecule has 0 atom stereocenters. The molecule has 0 aromatic heterocycles. The van der Waals surface area contributed by atoms with Crippen molar-refractivity contribution < 1.29 is 33.4 Å². The summed E-state index contributed by atoms with van der Waals surface area (Å²) in [4.78, 5) is 61.2. The lowest BCUT2D eigenvalue weighted by Gasteiger charge is -2.19. The number of anilines is 1. The molecule has 0 unspecified atom stereocenters. The Morgan fingerprint density at radius 2 is 1.90 bits per heavy atom. The van der Waals surface area contributed by atoms with Crippen molar-refractivity contribution in [2.75, 3.05) is 25.6 Å². The first kappa shape index (κ1) is 21.3. The minimum atomic E-state index is -0.906. The third kappa shape index (κ3) is 4.27. The Morgan fingerprint density at radius 1 is 1.20 bits per heavy atom.